The van der Waals surface area contributed by atoms with Crippen molar-refractivity contribution in [3.8, 4) is 0 Å². The van der Waals surface area contributed by atoms with Gasteiger partial charge >= 0.3 is 0 Å². The van der Waals surface area contributed by atoms with Crippen molar-refractivity contribution >= 4 is 28.3 Å². The molecule has 6 heteroatoms. The van der Waals surface area contributed by atoms with Crippen LogP contribution in [0.2, 0.25) is 0 Å². The monoisotopic (exact) mass is 286 g/mol. The van der Waals surface area contributed by atoms with Gasteiger partial charge in [-0.15, -0.1) is 0 Å². The summed E-state index contributed by atoms with van der Waals surface area (Å²) in [4.78, 5) is 16.6. The number of oxime groups is 1. The third-order valence-electron chi connectivity index (χ3n) is 3.24. The predicted molar refractivity (Wildman–Crippen MR) is 82.1 cm³/mol. The molecular weight excluding hydrogens is 268 g/mol. The number of nitrogens with zero attached hydrogens (tertiary/aromatic N) is 2. The van der Waals surface area contributed by atoms with Crippen LogP contribution in [0.1, 0.15) is 13.8 Å². The standard InChI is InChI=1S/C15H18N4O2/c1-9(2)13(14(16)19-21)15(20)18-11-7-10-5-3-4-6-12(10)17-8-11/h3-9,13,21H,1-2H3,(H2,16,19)(H,18,20). The van der Waals surface area contributed by atoms with Crippen molar-refractivity contribution < 1.29 is 10.0 Å². The molecule has 1 aromatic heterocycles. The maximum absolute atomic E-state index is 12.3. The zero-order valence-electron chi connectivity index (χ0n) is 11.9. The predicted octanol–water partition coefficient (Wildman–Crippen LogP) is 2.19. The van der Waals surface area contributed by atoms with Crippen LogP contribution in [0.5, 0.6) is 0 Å². The Labute approximate surface area is 122 Å². The molecule has 1 heterocycles. The van der Waals surface area contributed by atoms with Gasteiger partial charge in [-0.3, -0.25) is 9.78 Å². The van der Waals surface area contributed by atoms with Crippen molar-refractivity contribution in [2.45, 2.75) is 13.8 Å². The molecule has 1 atom stereocenters. The second kappa shape index (κ2) is 6.21. The van der Waals surface area contributed by atoms with E-state index < -0.39 is 5.92 Å². The number of anilines is 1. The number of amidine groups is 1. The molecular formula is C15H18N4O2. The fourth-order valence-corrected chi connectivity index (χ4v) is 2.20. The van der Waals surface area contributed by atoms with Crippen LogP contribution < -0.4 is 11.1 Å². The summed E-state index contributed by atoms with van der Waals surface area (Å²) in [6, 6.07) is 9.46. The molecule has 1 unspecified atom stereocenters. The van der Waals surface area contributed by atoms with Crippen LogP contribution in [-0.4, -0.2) is 21.9 Å². The fraction of sp³-hybridized carbons (Fsp3) is 0.267. The van der Waals surface area contributed by atoms with E-state index in [4.69, 9.17) is 10.9 Å². The number of carbonyl (C=O) groups is 1. The van der Waals surface area contributed by atoms with Crippen LogP contribution in [0, 0.1) is 11.8 Å². The summed E-state index contributed by atoms with van der Waals surface area (Å²) in [5, 5.41) is 15.4. The van der Waals surface area contributed by atoms with Crippen LogP contribution in [-0.2, 0) is 4.79 Å². The average Bonchev–Trinajstić information content (AvgIpc) is 2.46. The van der Waals surface area contributed by atoms with Crippen LogP contribution in [0.15, 0.2) is 41.7 Å². The Morgan fingerprint density at radius 2 is 2.10 bits per heavy atom. The molecule has 0 radical (unpaired) electrons. The first-order valence-electron chi connectivity index (χ1n) is 6.66. The van der Waals surface area contributed by atoms with Crippen LogP contribution in [0.4, 0.5) is 5.69 Å². The lowest BCUT2D eigenvalue weighted by Gasteiger charge is -2.18. The van der Waals surface area contributed by atoms with Crippen molar-refractivity contribution in [1.82, 2.24) is 4.98 Å². The number of benzene rings is 1. The summed E-state index contributed by atoms with van der Waals surface area (Å²) in [7, 11) is 0. The Morgan fingerprint density at radius 1 is 1.38 bits per heavy atom. The van der Waals surface area contributed by atoms with Crippen molar-refractivity contribution in [2.24, 2.45) is 22.7 Å². The molecule has 6 nitrogen and oxygen atoms in total. The highest BCUT2D eigenvalue weighted by Gasteiger charge is 2.26. The van der Waals surface area contributed by atoms with Crippen molar-refractivity contribution in [3.05, 3.63) is 36.5 Å². The number of amides is 1. The number of nitrogens with two attached hydrogens (primary N) is 1. The Kier molecular flexibility index (Phi) is 4.37. The molecule has 21 heavy (non-hydrogen) atoms. The van der Waals surface area contributed by atoms with Gasteiger partial charge in [-0.2, -0.15) is 0 Å². The Balaban J connectivity index is 2.24. The average molecular weight is 286 g/mol. The number of aromatic nitrogens is 1. The van der Waals surface area contributed by atoms with E-state index >= 15 is 0 Å². The molecule has 2 aromatic rings. The van der Waals surface area contributed by atoms with Crippen LogP contribution in [0.25, 0.3) is 10.9 Å². The molecule has 0 bridgehead atoms. The first-order valence-corrected chi connectivity index (χ1v) is 6.66. The number of carbonyl (C=O) groups excluding carboxylic acids is 1. The largest absolute Gasteiger partial charge is 0.409 e. The van der Waals surface area contributed by atoms with Gasteiger partial charge in [-0.05, 0) is 18.1 Å². The lowest BCUT2D eigenvalue weighted by Crippen LogP contribution is -2.38. The number of para-hydroxylation sites is 1. The minimum Gasteiger partial charge on any atom is -0.409 e. The van der Waals surface area contributed by atoms with E-state index in [0.717, 1.165) is 10.9 Å². The molecule has 4 N–H and O–H groups in total. The van der Waals surface area contributed by atoms with Gasteiger partial charge in [0.05, 0.1) is 17.4 Å². The molecule has 0 saturated carbocycles. The normalized spacial score (nSPS) is 13.4. The molecule has 110 valence electrons. The molecule has 0 spiro atoms. The Hall–Kier alpha value is -2.63. The maximum atomic E-state index is 12.3. The molecule has 0 fully saturated rings. The number of fused-ring (bicyclic) bond motifs is 1. The summed E-state index contributed by atoms with van der Waals surface area (Å²) in [5.74, 6) is -1.20. The smallest absolute Gasteiger partial charge is 0.235 e. The van der Waals surface area contributed by atoms with Crippen molar-refractivity contribution in [1.29, 1.82) is 0 Å². The van der Waals surface area contributed by atoms with Gasteiger partial charge in [-0.1, -0.05) is 37.2 Å². The minimum atomic E-state index is -0.693. The number of nitrogens with one attached hydrogen (secondary N) is 1. The third-order valence-corrected chi connectivity index (χ3v) is 3.24. The topological polar surface area (TPSA) is 101 Å². The van der Waals surface area contributed by atoms with Crippen LogP contribution in [0.3, 0.4) is 0 Å². The highest BCUT2D eigenvalue weighted by Crippen LogP contribution is 2.18. The molecule has 1 amide bonds. The lowest BCUT2D eigenvalue weighted by atomic mass is 9.94. The summed E-state index contributed by atoms with van der Waals surface area (Å²) in [6.07, 6.45) is 1.59. The van der Waals surface area contributed by atoms with Gasteiger partial charge in [0.1, 0.15) is 5.92 Å². The number of rotatable bonds is 4. The number of hydrogen-bond acceptors (Lipinski definition) is 4. The van der Waals surface area contributed by atoms with E-state index in [1.54, 1.807) is 6.20 Å². The highest BCUT2D eigenvalue weighted by molar-refractivity contribution is 6.08. The van der Waals surface area contributed by atoms with Gasteiger partial charge in [0, 0.05) is 5.39 Å². The summed E-state index contributed by atoms with van der Waals surface area (Å²) in [6.45, 7) is 3.67. The van der Waals surface area contributed by atoms with Gasteiger partial charge < -0.3 is 16.3 Å². The molecule has 0 aliphatic heterocycles. The highest BCUT2D eigenvalue weighted by atomic mass is 16.4. The quantitative estimate of drug-likeness (QED) is 0.347. The zero-order chi connectivity index (χ0) is 15.4. The van der Waals surface area contributed by atoms with Gasteiger partial charge in [0.25, 0.3) is 0 Å². The molecule has 0 aliphatic rings. The van der Waals surface area contributed by atoms with E-state index in [1.807, 2.05) is 44.2 Å². The Bertz CT molecular complexity index is 682. The maximum Gasteiger partial charge on any atom is 0.235 e. The van der Waals surface area contributed by atoms with Gasteiger partial charge in [-0.25, -0.2) is 0 Å². The van der Waals surface area contributed by atoms with Crippen molar-refractivity contribution in [3.63, 3.8) is 0 Å². The summed E-state index contributed by atoms with van der Waals surface area (Å²) < 4.78 is 0. The molecule has 2 rings (SSSR count). The molecule has 0 saturated heterocycles. The van der Waals surface area contributed by atoms with Crippen molar-refractivity contribution in [2.75, 3.05) is 5.32 Å². The van der Waals surface area contributed by atoms with E-state index in [-0.39, 0.29) is 17.7 Å². The zero-order valence-corrected chi connectivity index (χ0v) is 11.9. The SMILES string of the molecule is CC(C)C(C(=O)Nc1cnc2ccccc2c1)C(N)=NO. The second-order valence-electron chi connectivity index (χ2n) is 5.15. The lowest BCUT2D eigenvalue weighted by molar-refractivity contribution is -0.119. The third kappa shape index (κ3) is 3.28. The Morgan fingerprint density at radius 3 is 2.76 bits per heavy atom. The van der Waals surface area contributed by atoms with E-state index in [9.17, 15) is 4.79 Å². The minimum absolute atomic E-state index is 0.0886. The van der Waals surface area contributed by atoms with Gasteiger partial charge in [0.2, 0.25) is 5.91 Å². The fourth-order valence-electron chi connectivity index (χ4n) is 2.20. The van der Waals surface area contributed by atoms with E-state index in [1.165, 1.54) is 0 Å². The number of pyridine rings is 1. The van der Waals surface area contributed by atoms with E-state index in [2.05, 4.69) is 15.5 Å². The van der Waals surface area contributed by atoms with E-state index in [0.29, 0.717) is 5.69 Å². The summed E-state index contributed by atoms with van der Waals surface area (Å²) in [5.41, 5.74) is 7.02. The summed E-state index contributed by atoms with van der Waals surface area (Å²) >= 11 is 0. The van der Waals surface area contributed by atoms with Crippen LogP contribution >= 0.6 is 0 Å². The number of hydrogen-bond donors (Lipinski definition) is 3. The second-order valence-corrected chi connectivity index (χ2v) is 5.15. The first kappa shape index (κ1) is 14.8. The first-order chi connectivity index (χ1) is 10.0. The van der Waals surface area contributed by atoms with Gasteiger partial charge in [0.15, 0.2) is 5.84 Å². The molecule has 1 aromatic carbocycles. The molecule has 0 aliphatic carbocycles.